The van der Waals surface area contributed by atoms with Crippen LogP contribution in [0.3, 0.4) is 0 Å². The molecule has 0 fully saturated rings. The highest BCUT2D eigenvalue weighted by Gasteiger charge is 2.31. The molecule has 0 unspecified atom stereocenters. The zero-order valence-corrected chi connectivity index (χ0v) is 13.9. The molecule has 1 amide bonds. The van der Waals surface area contributed by atoms with Gasteiger partial charge in [0.25, 0.3) is 0 Å². The summed E-state index contributed by atoms with van der Waals surface area (Å²) in [4.78, 5) is 16.2. The predicted molar refractivity (Wildman–Crippen MR) is 92.7 cm³/mol. The third-order valence-corrected chi connectivity index (χ3v) is 4.59. The maximum absolute atomic E-state index is 12.1. The van der Waals surface area contributed by atoms with Crippen LogP contribution in [0.2, 0.25) is 0 Å². The van der Waals surface area contributed by atoms with Crippen molar-refractivity contribution in [1.29, 1.82) is 0 Å². The van der Waals surface area contributed by atoms with Gasteiger partial charge in [-0.15, -0.1) is 0 Å². The number of hydrogen-bond acceptors (Lipinski definition) is 4. The molecule has 124 valence electrons. The summed E-state index contributed by atoms with van der Waals surface area (Å²) in [6.45, 7) is 5.48. The molecular weight excluding hydrogens is 304 g/mol. The minimum atomic E-state index is 0.0759. The van der Waals surface area contributed by atoms with Crippen LogP contribution >= 0.6 is 0 Å². The number of anilines is 2. The van der Waals surface area contributed by atoms with Crippen LogP contribution in [-0.4, -0.2) is 25.3 Å². The van der Waals surface area contributed by atoms with E-state index < -0.39 is 0 Å². The first-order valence-corrected chi connectivity index (χ1v) is 8.16. The molecular formula is C19H20N2O3. The summed E-state index contributed by atoms with van der Waals surface area (Å²) in [6, 6.07) is 14.2. The SMILES string of the molecule is CC(=O)N1c2ccccc2N(Cc2cccc3c2OCO3)C[C@@H]1C. The van der Waals surface area contributed by atoms with Crippen LogP contribution in [0.15, 0.2) is 42.5 Å². The lowest BCUT2D eigenvalue weighted by Crippen LogP contribution is -2.49. The highest BCUT2D eigenvalue weighted by atomic mass is 16.7. The molecule has 24 heavy (non-hydrogen) atoms. The molecule has 1 atom stereocenters. The number of amides is 1. The lowest BCUT2D eigenvalue weighted by Gasteiger charge is -2.42. The van der Waals surface area contributed by atoms with Crippen molar-refractivity contribution in [1.82, 2.24) is 0 Å². The Hall–Kier alpha value is -2.69. The lowest BCUT2D eigenvalue weighted by atomic mass is 10.1. The van der Waals surface area contributed by atoms with Gasteiger partial charge in [0.05, 0.1) is 17.4 Å². The molecule has 2 aromatic rings. The molecule has 0 bridgehead atoms. The Labute approximate surface area is 141 Å². The zero-order valence-electron chi connectivity index (χ0n) is 13.9. The average molecular weight is 324 g/mol. The van der Waals surface area contributed by atoms with Crippen molar-refractivity contribution >= 4 is 17.3 Å². The van der Waals surface area contributed by atoms with E-state index in [2.05, 4.69) is 24.0 Å². The topological polar surface area (TPSA) is 42.0 Å². The average Bonchev–Trinajstić information content (AvgIpc) is 3.04. The number of rotatable bonds is 2. The molecule has 0 spiro atoms. The Morgan fingerprint density at radius 3 is 2.71 bits per heavy atom. The van der Waals surface area contributed by atoms with Gasteiger partial charge in [0, 0.05) is 25.6 Å². The molecule has 0 aromatic heterocycles. The van der Waals surface area contributed by atoms with Gasteiger partial charge in [0.1, 0.15) is 0 Å². The Morgan fingerprint density at radius 2 is 1.92 bits per heavy atom. The number of nitrogens with zero attached hydrogens (tertiary/aromatic N) is 2. The summed E-state index contributed by atoms with van der Waals surface area (Å²) in [6.07, 6.45) is 0. The van der Waals surface area contributed by atoms with Gasteiger partial charge in [-0.3, -0.25) is 4.79 Å². The minimum absolute atomic E-state index is 0.0759. The number of para-hydroxylation sites is 3. The van der Waals surface area contributed by atoms with E-state index in [0.717, 1.165) is 41.5 Å². The summed E-state index contributed by atoms with van der Waals surface area (Å²) >= 11 is 0. The van der Waals surface area contributed by atoms with Gasteiger partial charge in [-0.25, -0.2) is 0 Å². The third kappa shape index (κ3) is 2.37. The number of carbonyl (C=O) groups excluding carboxylic acids is 1. The maximum Gasteiger partial charge on any atom is 0.231 e. The van der Waals surface area contributed by atoms with Crippen molar-refractivity contribution in [2.45, 2.75) is 26.4 Å². The van der Waals surface area contributed by atoms with Crippen LogP contribution in [0.5, 0.6) is 11.5 Å². The second-order valence-corrected chi connectivity index (χ2v) is 6.26. The Bertz CT molecular complexity index is 790. The van der Waals surface area contributed by atoms with Crippen LogP contribution in [0.1, 0.15) is 19.4 Å². The van der Waals surface area contributed by atoms with Crippen molar-refractivity contribution in [3.63, 3.8) is 0 Å². The molecule has 0 radical (unpaired) electrons. The third-order valence-electron chi connectivity index (χ3n) is 4.59. The van der Waals surface area contributed by atoms with E-state index in [1.807, 2.05) is 35.2 Å². The minimum Gasteiger partial charge on any atom is -0.454 e. The van der Waals surface area contributed by atoms with E-state index >= 15 is 0 Å². The maximum atomic E-state index is 12.1. The first-order valence-electron chi connectivity index (χ1n) is 8.16. The number of benzene rings is 2. The first kappa shape index (κ1) is 14.9. The second kappa shape index (κ2) is 5.74. The van der Waals surface area contributed by atoms with Crippen molar-refractivity contribution in [3.05, 3.63) is 48.0 Å². The van der Waals surface area contributed by atoms with E-state index in [4.69, 9.17) is 9.47 Å². The first-order chi connectivity index (χ1) is 11.6. The fraction of sp³-hybridized carbons (Fsp3) is 0.316. The monoisotopic (exact) mass is 324 g/mol. The van der Waals surface area contributed by atoms with Crippen molar-refractivity contribution in [2.75, 3.05) is 23.1 Å². The Morgan fingerprint density at radius 1 is 1.12 bits per heavy atom. The summed E-state index contributed by atoms with van der Waals surface area (Å²) in [7, 11) is 0. The molecule has 2 aliphatic rings. The Balaban J connectivity index is 1.71. The molecule has 4 rings (SSSR count). The lowest BCUT2D eigenvalue weighted by molar-refractivity contribution is -0.117. The molecule has 2 heterocycles. The second-order valence-electron chi connectivity index (χ2n) is 6.26. The molecule has 5 heteroatoms. The van der Waals surface area contributed by atoms with E-state index in [1.165, 1.54) is 0 Å². The summed E-state index contributed by atoms with van der Waals surface area (Å²) in [5, 5.41) is 0. The molecule has 0 saturated carbocycles. The van der Waals surface area contributed by atoms with Crippen molar-refractivity contribution in [3.8, 4) is 11.5 Å². The van der Waals surface area contributed by atoms with Gasteiger partial charge in [0.2, 0.25) is 12.7 Å². The highest BCUT2D eigenvalue weighted by molar-refractivity contribution is 5.97. The van der Waals surface area contributed by atoms with Crippen LogP contribution < -0.4 is 19.3 Å². The Kier molecular flexibility index (Phi) is 3.56. The van der Waals surface area contributed by atoms with Crippen molar-refractivity contribution in [2.24, 2.45) is 0 Å². The van der Waals surface area contributed by atoms with Gasteiger partial charge in [-0.1, -0.05) is 24.3 Å². The van der Waals surface area contributed by atoms with E-state index in [0.29, 0.717) is 0 Å². The zero-order chi connectivity index (χ0) is 16.7. The van der Waals surface area contributed by atoms with Crippen LogP contribution in [0.4, 0.5) is 11.4 Å². The van der Waals surface area contributed by atoms with E-state index in [-0.39, 0.29) is 18.7 Å². The normalized spacial score (nSPS) is 18.5. The fourth-order valence-corrected chi connectivity index (χ4v) is 3.62. The van der Waals surface area contributed by atoms with Crippen LogP contribution in [-0.2, 0) is 11.3 Å². The van der Waals surface area contributed by atoms with Gasteiger partial charge in [-0.2, -0.15) is 0 Å². The molecule has 0 N–H and O–H groups in total. The van der Waals surface area contributed by atoms with Gasteiger partial charge >= 0.3 is 0 Å². The molecule has 5 nitrogen and oxygen atoms in total. The number of fused-ring (bicyclic) bond motifs is 2. The molecule has 0 aliphatic carbocycles. The van der Waals surface area contributed by atoms with Gasteiger partial charge < -0.3 is 19.3 Å². The highest BCUT2D eigenvalue weighted by Crippen LogP contribution is 2.40. The van der Waals surface area contributed by atoms with Crippen LogP contribution in [0, 0.1) is 0 Å². The van der Waals surface area contributed by atoms with E-state index in [9.17, 15) is 4.79 Å². The number of hydrogen-bond donors (Lipinski definition) is 0. The quantitative estimate of drug-likeness (QED) is 0.851. The van der Waals surface area contributed by atoms with E-state index in [1.54, 1.807) is 6.92 Å². The molecule has 0 saturated heterocycles. The summed E-state index contributed by atoms with van der Waals surface area (Å²) < 4.78 is 11.1. The summed E-state index contributed by atoms with van der Waals surface area (Å²) in [5.74, 6) is 1.71. The standard InChI is InChI=1S/C19H20N2O3/c1-13-10-20(11-15-6-5-9-18-19(15)24-12-23-18)16-7-3-4-8-17(16)21(13)14(2)22/h3-9,13H,10-12H2,1-2H3/t13-/m0/s1. The van der Waals surface area contributed by atoms with Gasteiger partial charge in [0.15, 0.2) is 11.5 Å². The molecule has 2 aliphatic heterocycles. The molecule has 2 aromatic carbocycles. The number of carbonyl (C=O) groups is 1. The number of ether oxygens (including phenoxy) is 2. The van der Waals surface area contributed by atoms with Crippen LogP contribution in [0.25, 0.3) is 0 Å². The predicted octanol–water partition coefficient (Wildman–Crippen LogP) is 3.18. The smallest absolute Gasteiger partial charge is 0.231 e. The largest absolute Gasteiger partial charge is 0.454 e. The fourth-order valence-electron chi connectivity index (χ4n) is 3.62. The summed E-state index contributed by atoms with van der Waals surface area (Å²) in [5.41, 5.74) is 3.14. The van der Waals surface area contributed by atoms with Gasteiger partial charge in [-0.05, 0) is 25.1 Å². The van der Waals surface area contributed by atoms with Crippen molar-refractivity contribution < 1.29 is 14.3 Å².